The maximum absolute atomic E-state index is 13.5. The zero-order valence-electron chi connectivity index (χ0n) is 22.2. The fraction of sp³-hybridized carbons (Fsp3) is 0.379. The van der Waals surface area contributed by atoms with Gasteiger partial charge in [0.05, 0.1) is 6.61 Å². The highest BCUT2D eigenvalue weighted by molar-refractivity contribution is 7.13. The van der Waals surface area contributed by atoms with Crippen LogP contribution in [-0.4, -0.2) is 45.0 Å². The third-order valence-electron chi connectivity index (χ3n) is 7.22. The molecule has 3 aromatic rings. The average molecular weight is 551 g/mol. The minimum atomic E-state index is -1.00. The molecule has 1 aliphatic heterocycles. The first-order valence-corrected chi connectivity index (χ1v) is 14.1. The summed E-state index contributed by atoms with van der Waals surface area (Å²) < 4.78 is 5.84. The van der Waals surface area contributed by atoms with Crippen LogP contribution >= 0.6 is 11.3 Å². The molecule has 0 radical (unpaired) electrons. The Hall–Kier alpha value is -3.76. The van der Waals surface area contributed by atoms with Crippen LogP contribution in [0.4, 0.5) is 5.13 Å². The van der Waals surface area contributed by atoms with Gasteiger partial charge in [-0.3, -0.25) is 24.9 Å². The minimum absolute atomic E-state index is 0.151. The molecule has 206 valence electrons. The number of thiazole rings is 1. The number of hydrogen-bond donors (Lipinski definition) is 3. The molecular weight excluding hydrogens is 516 g/mol. The molecule has 0 fully saturated rings. The minimum Gasteiger partial charge on any atom is -0.494 e. The molecule has 0 spiro atoms. The number of amides is 3. The number of hydrogen-bond acceptors (Lipinski definition) is 7. The van der Waals surface area contributed by atoms with Crippen molar-refractivity contribution in [2.24, 2.45) is 0 Å². The number of unbranched alkanes of at least 4 members (excludes halogenated alkanes) is 3. The van der Waals surface area contributed by atoms with Crippen molar-refractivity contribution in [2.45, 2.75) is 64.5 Å². The van der Waals surface area contributed by atoms with E-state index in [0.717, 1.165) is 48.1 Å². The van der Waals surface area contributed by atoms with Gasteiger partial charge in [-0.2, -0.15) is 0 Å². The quantitative estimate of drug-likeness (QED) is 0.149. The lowest BCUT2D eigenvalue weighted by atomic mass is 9.95. The number of carbonyl (C=O) groups excluding carboxylic acids is 3. The van der Waals surface area contributed by atoms with Crippen molar-refractivity contribution < 1.29 is 24.3 Å². The summed E-state index contributed by atoms with van der Waals surface area (Å²) in [5.74, 6) is 0.0195. The van der Waals surface area contributed by atoms with Gasteiger partial charge in [-0.05, 0) is 61.1 Å². The maximum atomic E-state index is 13.5. The first-order chi connectivity index (χ1) is 18.9. The second-order valence-corrected chi connectivity index (χ2v) is 10.6. The molecule has 1 aromatic heterocycles. The average Bonchev–Trinajstić information content (AvgIpc) is 3.59. The molecule has 3 amide bonds. The van der Waals surface area contributed by atoms with E-state index in [9.17, 15) is 14.4 Å². The van der Waals surface area contributed by atoms with Crippen LogP contribution in [0.5, 0.6) is 5.75 Å². The van der Waals surface area contributed by atoms with Crippen LogP contribution in [0.15, 0.2) is 54.0 Å². The number of anilines is 1. The lowest BCUT2D eigenvalue weighted by Gasteiger charge is -2.36. The Kier molecular flexibility index (Phi) is 9.32. The predicted octanol–water partition coefficient (Wildman–Crippen LogP) is 5.41. The second-order valence-electron chi connectivity index (χ2n) is 9.75. The van der Waals surface area contributed by atoms with Crippen LogP contribution in [-0.2, 0) is 16.1 Å². The molecule has 0 aliphatic carbocycles. The SMILES string of the molecule is CCC(C)(C(=O)Nc1nccs1)N1Cc2ccc(-c3ccc(OCCCCCCC(=O)NO)cc3)cc2C1=O. The summed E-state index contributed by atoms with van der Waals surface area (Å²) >= 11 is 1.34. The van der Waals surface area contributed by atoms with Crippen LogP contribution in [0.1, 0.15) is 68.3 Å². The fourth-order valence-corrected chi connectivity index (χ4v) is 5.12. The zero-order chi connectivity index (χ0) is 27.8. The van der Waals surface area contributed by atoms with Crippen molar-refractivity contribution in [3.8, 4) is 16.9 Å². The number of aromatic nitrogens is 1. The Morgan fingerprint density at radius 1 is 1.10 bits per heavy atom. The summed E-state index contributed by atoms with van der Waals surface area (Å²) in [6.45, 7) is 4.67. The topological polar surface area (TPSA) is 121 Å². The van der Waals surface area contributed by atoms with Crippen LogP contribution in [0.25, 0.3) is 11.1 Å². The van der Waals surface area contributed by atoms with Gasteiger partial charge in [0.15, 0.2) is 5.13 Å². The van der Waals surface area contributed by atoms with Crippen molar-refractivity contribution >= 4 is 34.2 Å². The van der Waals surface area contributed by atoms with Gasteiger partial charge in [-0.1, -0.05) is 44.0 Å². The molecule has 1 unspecified atom stereocenters. The standard InChI is InChI=1S/C29H34N4O5S/c1-3-29(2,27(36)31-28-30-15-17-39-28)33-19-22-10-9-21(18-24(22)26(33)35)20-11-13-23(14-12-20)38-16-7-5-4-6-8-25(34)32-37/h9-15,17-18,37H,3-8,16,19H2,1-2H3,(H,32,34)(H,30,31,36). The number of nitrogens with one attached hydrogen (secondary N) is 2. The van der Waals surface area contributed by atoms with Crippen molar-refractivity contribution in [1.29, 1.82) is 0 Å². The molecule has 2 aromatic carbocycles. The van der Waals surface area contributed by atoms with E-state index in [1.54, 1.807) is 28.9 Å². The highest BCUT2D eigenvalue weighted by atomic mass is 32.1. The predicted molar refractivity (Wildman–Crippen MR) is 150 cm³/mol. The zero-order valence-corrected chi connectivity index (χ0v) is 23.1. The van der Waals surface area contributed by atoms with Crippen LogP contribution < -0.4 is 15.5 Å². The second kappa shape index (κ2) is 12.9. The monoisotopic (exact) mass is 550 g/mol. The van der Waals surface area contributed by atoms with E-state index in [-0.39, 0.29) is 17.7 Å². The number of benzene rings is 2. The number of hydroxylamine groups is 1. The van der Waals surface area contributed by atoms with Gasteiger partial charge in [-0.15, -0.1) is 11.3 Å². The van der Waals surface area contributed by atoms with Crippen molar-refractivity contribution in [3.05, 3.63) is 65.2 Å². The van der Waals surface area contributed by atoms with Crippen LogP contribution in [0.3, 0.4) is 0 Å². The number of ether oxygens (including phenoxy) is 1. The normalized spacial score (nSPS) is 14.0. The van der Waals surface area contributed by atoms with E-state index in [4.69, 9.17) is 9.94 Å². The van der Waals surface area contributed by atoms with Crippen molar-refractivity contribution in [2.75, 3.05) is 11.9 Å². The lowest BCUT2D eigenvalue weighted by molar-refractivity contribution is -0.129. The molecule has 39 heavy (non-hydrogen) atoms. The number of fused-ring (bicyclic) bond motifs is 1. The first kappa shape index (κ1) is 28.3. The summed E-state index contributed by atoms with van der Waals surface area (Å²) in [5.41, 5.74) is 4.05. The molecule has 0 saturated carbocycles. The van der Waals surface area contributed by atoms with Gasteiger partial charge in [0.2, 0.25) is 5.91 Å². The highest BCUT2D eigenvalue weighted by Crippen LogP contribution is 2.35. The molecule has 9 nitrogen and oxygen atoms in total. The molecule has 1 aliphatic rings. The van der Waals surface area contributed by atoms with E-state index in [1.807, 2.05) is 49.4 Å². The Morgan fingerprint density at radius 2 is 1.85 bits per heavy atom. The molecular formula is C29H34N4O5S. The number of carbonyl (C=O) groups is 3. The Labute approximate surface area is 232 Å². The van der Waals surface area contributed by atoms with Crippen molar-refractivity contribution in [1.82, 2.24) is 15.4 Å². The van der Waals surface area contributed by atoms with Crippen LogP contribution in [0.2, 0.25) is 0 Å². The summed E-state index contributed by atoms with van der Waals surface area (Å²) in [4.78, 5) is 43.5. The summed E-state index contributed by atoms with van der Waals surface area (Å²) in [6.07, 6.45) is 5.89. The largest absolute Gasteiger partial charge is 0.494 e. The van der Waals surface area contributed by atoms with Crippen molar-refractivity contribution in [3.63, 3.8) is 0 Å². The first-order valence-electron chi connectivity index (χ1n) is 13.2. The van der Waals surface area contributed by atoms with Gasteiger partial charge in [-0.25, -0.2) is 10.5 Å². The van der Waals surface area contributed by atoms with E-state index in [2.05, 4.69) is 10.3 Å². The smallest absolute Gasteiger partial charge is 0.255 e. The summed E-state index contributed by atoms with van der Waals surface area (Å²) in [5, 5.41) is 13.7. The van der Waals surface area contributed by atoms with Gasteiger partial charge < -0.3 is 9.64 Å². The Bertz CT molecular complexity index is 1300. The van der Waals surface area contributed by atoms with Gasteiger partial charge in [0.1, 0.15) is 11.3 Å². The lowest BCUT2D eigenvalue weighted by Crippen LogP contribution is -2.54. The molecule has 10 heteroatoms. The highest BCUT2D eigenvalue weighted by Gasteiger charge is 2.45. The van der Waals surface area contributed by atoms with E-state index in [0.29, 0.717) is 36.7 Å². The van der Waals surface area contributed by atoms with E-state index in [1.165, 1.54) is 11.3 Å². The Morgan fingerprint density at radius 3 is 2.54 bits per heavy atom. The molecule has 1 atom stereocenters. The van der Waals surface area contributed by atoms with E-state index < -0.39 is 5.54 Å². The number of rotatable bonds is 13. The molecule has 3 N–H and O–H groups in total. The molecule has 0 bridgehead atoms. The summed E-state index contributed by atoms with van der Waals surface area (Å²) in [7, 11) is 0. The van der Waals surface area contributed by atoms with E-state index >= 15 is 0 Å². The molecule has 0 saturated heterocycles. The van der Waals surface area contributed by atoms with Crippen LogP contribution in [0, 0.1) is 0 Å². The van der Waals surface area contributed by atoms with Gasteiger partial charge in [0, 0.05) is 30.1 Å². The Balaban J connectivity index is 1.35. The number of nitrogens with zero attached hydrogens (tertiary/aromatic N) is 2. The third kappa shape index (κ3) is 6.63. The molecule has 4 rings (SSSR count). The fourth-order valence-electron chi connectivity index (χ4n) is 4.60. The van der Waals surface area contributed by atoms with Gasteiger partial charge >= 0.3 is 0 Å². The molecule has 2 heterocycles. The van der Waals surface area contributed by atoms with Gasteiger partial charge in [0.25, 0.3) is 11.8 Å². The summed E-state index contributed by atoms with van der Waals surface area (Å²) in [6, 6.07) is 13.6. The third-order valence-corrected chi connectivity index (χ3v) is 7.91. The maximum Gasteiger partial charge on any atom is 0.255 e.